The lowest BCUT2D eigenvalue weighted by Crippen LogP contribution is -2.53. The molecular formula is C21H23ClFN3O. The largest absolute Gasteiger partial charge is 0.384 e. The predicted molar refractivity (Wildman–Crippen MR) is 106 cm³/mol. The molecule has 1 fully saturated rings. The number of aromatic nitrogens is 2. The van der Waals surface area contributed by atoms with Crippen LogP contribution in [0.1, 0.15) is 19.4 Å². The Morgan fingerprint density at radius 3 is 2.63 bits per heavy atom. The Hall–Kier alpha value is -1.95. The second-order valence-electron chi connectivity index (χ2n) is 7.76. The average Bonchev–Trinajstić information content (AvgIpc) is 3.01. The Morgan fingerprint density at radius 2 is 1.96 bits per heavy atom. The Bertz CT molecular complexity index is 990. The summed E-state index contributed by atoms with van der Waals surface area (Å²) in [5.41, 5.74) is 1.77. The van der Waals surface area contributed by atoms with Crippen molar-refractivity contribution in [3.63, 3.8) is 0 Å². The minimum atomic E-state index is -0.991. The minimum Gasteiger partial charge on any atom is -0.384 e. The number of piperidine rings is 1. The molecule has 6 heteroatoms. The second kappa shape index (κ2) is 6.59. The molecule has 2 N–H and O–H groups in total. The van der Waals surface area contributed by atoms with Gasteiger partial charge in [0.25, 0.3) is 0 Å². The van der Waals surface area contributed by atoms with E-state index in [0.717, 1.165) is 29.8 Å². The van der Waals surface area contributed by atoms with Crippen molar-refractivity contribution in [3.05, 3.63) is 53.1 Å². The zero-order valence-electron chi connectivity index (χ0n) is 15.6. The Labute approximate surface area is 163 Å². The van der Waals surface area contributed by atoms with E-state index in [9.17, 15) is 9.50 Å². The van der Waals surface area contributed by atoms with E-state index in [1.54, 1.807) is 12.3 Å². The van der Waals surface area contributed by atoms with Gasteiger partial charge in [0.1, 0.15) is 5.65 Å². The molecule has 2 aromatic heterocycles. The maximum atomic E-state index is 14.2. The molecule has 1 aliphatic heterocycles. The van der Waals surface area contributed by atoms with Crippen LogP contribution in [0.2, 0.25) is 5.02 Å². The summed E-state index contributed by atoms with van der Waals surface area (Å²) in [6.45, 7) is 5.72. The number of nitrogens with zero attached hydrogens (tertiary/aromatic N) is 2. The van der Waals surface area contributed by atoms with Gasteiger partial charge in [-0.25, -0.2) is 9.37 Å². The van der Waals surface area contributed by atoms with Crippen LogP contribution in [0.5, 0.6) is 0 Å². The van der Waals surface area contributed by atoms with Crippen LogP contribution in [0, 0.1) is 17.7 Å². The van der Waals surface area contributed by atoms with Crippen molar-refractivity contribution in [1.82, 2.24) is 14.9 Å². The van der Waals surface area contributed by atoms with Gasteiger partial charge in [-0.15, -0.1) is 0 Å². The molecule has 1 aliphatic rings. The summed E-state index contributed by atoms with van der Waals surface area (Å²) in [5, 5.41) is 12.5. The molecule has 0 bridgehead atoms. The summed E-state index contributed by atoms with van der Waals surface area (Å²) in [4.78, 5) is 9.23. The molecule has 4 rings (SSSR count). The highest BCUT2D eigenvalue weighted by atomic mass is 35.5. The van der Waals surface area contributed by atoms with E-state index >= 15 is 0 Å². The van der Waals surface area contributed by atoms with Crippen LogP contribution in [0.25, 0.3) is 22.2 Å². The van der Waals surface area contributed by atoms with Crippen molar-refractivity contribution < 1.29 is 9.50 Å². The van der Waals surface area contributed by atoms with Crippen molar-refractivity contribution in [3.8, 4) is 11.1 Å². The van der Waals surface area contributed by atoms with Gasteiger partial charge < -0.3 is 15.0 Å². The molecule has 0 radical (unpaired) electrons. The lowest BCUT2D eigenvalue weighted by molar-refractivity contribution is -0.107. The smallest absolute Gasteiger partial charge is 0.150 e. The van der Waals surface area contributed by atoms with Crippen LogP contribution in [0.4, 0.5) is 4.39 Å². The number of likely N-dealkylation sites (tertiary alicyclic amines) is 1. The summed E-state index contributed by atoms with van der Waals surface area (Å²) in [7, 11) is 2.07. The van der Waals surface area contributed by atoms with Crippen molar-refractivity contribution >= 4 is 22.6 Å². The van der Waals surface area contributed by atoms with E-state index in [2.05, 4.69) is 35.8 Å². The Balaban J connectivity index is 1.80. The van der Waals surface area contributed by atoms with Crippen molar-refractivity contribution in [2.45, 2.75) is 19.4 Å². The number of benzene rings is 1. The Morgan fingerprint density at radius 1 is 1.26 bits per heavy atom. The van der Waals surface area contributed by atoms with Crippen LogP contribution in [-0.4, -0.2) is 40.1 Å². The first-order valence-electron chi connectivity index (χ1n) is 9.15. The molecule has 142 valence electrons. The van der Waals surface area contributed by atoms with Gasteiger partial charge >= 0.3 is 0 Å². The summed E-state index contributed by atoms with van der Waals surface area (Å²) in [6, 6.07) is 7.37. The molecule has 0 amide bonds. The van der Waals surface area contributed by atoms with Gasteiger partial charge in [0.2, 0.25) is 0 Å². The number of nitrogens with one attached hydrogen (secondary N) is 1. The molecule has 0 saturated carbocycles. The van der Waals surface area contributed by atoms with Crippen molar-refractivity contribution in [2.24, 2.45) is 11.8 Å². The topological polar surface area (TPSA) is 52.1 Å². The quantitative estimate of drug-likeness (QED) is 0.684. The first kappa shape index (κ1) is 18.4. The van der Waals surface area contributed by atoms with E-state index in [1.165, 1.54) is 6.20 Å². The highest BCUT2D eigenvalue weighted by Gasteiger charge is 2.46. The SMILES string of the molecule is CC1CN(C)CC(C)C1(O)c1ccc(-c2ccnc3[nH]cc(F)c23)cc1Cl. The van der Waals surface area contributed by atoms with E-state index in [0.29, 0.717) is 16.1 Å². The molecule has 2 atom stereocenters. The standard InChI is InChI=1S/C21H23ClFN3O/c1-12-10-26(3)11-13(2)21(12,27)16-5-4-14(8-17(16)22)15-6-7-24-20-19(15)18(23)9-25-20/h4-9,12-13,27H,10-11H2,1-3H3,(H,24,25). The number of aromatic amines is 1. The van der Waals surface area contributed by atoms with E-state index in [1.807, 2.05) is 18.2 Å². The number of halogens is 2. The minimum absolute atomic E-state index is 0.0457. The number of hydrogen-bond acceptors (Lipinski definition) is 3. The third-order valence-corrected chi connectivity index (χ3v) is 6.22. The lowest BCUT2D eigenvalue weighted by atomic mass is 9.70. The molecule has 4 nitrogen and oxygen atoms in total. The number of rotatable bonds is 2. The fourth-order valence-electron chi connectivity index (χ4n) is 4.57. The van der Waals surface area contributed by atoms with E-state index < -0.39 is 5.60 Å². The molecule has 3 aromatic rings. The average molecular weight is 388 g/mol. The van der Waals surface area contributed by atoms with Crippen LogP contribution in [0.15, 0.2) is 36.7 Å². The third kappa shape index (κ3) is 2.85. The van der Waals surface area contributed by atoms with Gasteiger partial charge in [0.05, 0.1) is 11.0 Å². The zero-order valence-corrected chi connectivity index (χ0v) is 16.4. The van der Waals surface area contributed by atoms with Crippen molar-refractivity contribution in [2.75, 3.05) is 20.1 Å². The third-order valence-electron chi connectivity index (χ3n) is 5.91. The fraction of sp³-hybridized carbons (Fsp3) is 0.381. The van der Waals surface area contributed by atoms with Gasteiger partial charge in [0, 0.05) is 47.9 Å². The number of fused-ring (bicyclic) bond motifs is 1. The maximum absolute atomic E-state index is 14.2. The first-order valence-corrected chi connectivity index (χ1v) is 9.53. The molecule has 1 aromatic carbocycles. The Kier molecular flexibility index (Phi) is 4.49. The van der Waals surface area contributed by atoms with Crippen LogP contribution >= 0.6 is 11.6 Å². The lowest BCUT2D eigenvalue weighted by Gasteiger charge is -2.47. The molecule has 2 unspecified atom stereocenters. The summed E-state index contributed by atoms with van der Waals surface area (Å²) < 4.78 is 14.2. The monoisotopic (exact) mass is 387 g/mol. The van der Waals surface area contributed by atoms with Gasteiger partial charge in [-0.1, -0.05) is 37.6 Å². The number of pyridine rings is 1. The second-order valence-corrected chi connectivity index (χ2v) is 8.17. The van der Waals surface area contributed by atoms with Crippen LogP contribution in [0.3, 0.4) is 0 Å². The number of H-pyrrole nitrogens is 1. The van der Waals surface area contributed by atoms with Gasteiger partial charge in [-0.2, -0.15) is 0 Å². The normalized spacial score (nSPS) is 26.6. The van der Waals surface area contributed by atoms with Crippen LogP contribution in [-0.2, 0) is 5.60 Å². The zero-order chi connectivity index (χ0) is 19.3. The fourth-order valence-corrected chi connectivity index (χ4v) is 4.90. The van der Waals surface area contributed by atoms with Gasteiger partial charge in [-0.05, 0) is 30.3 Å². The molecule has 0 spiro atoms. The molecule has 3 heterocycles. The first-order chi connectivity index (χ1) is 12.8. The van der Waals surface area contributed by atoms with Gasteiger partial charge in [0.15, 0.2) is 5.82 Å². The molecule has 27 heavy (non-hydrogen) atoms. The highest BCUT2D eigenvalue weighted by Crippen LogP contribution is 2.44. The highest BCUT2D eigenvalue weighted by molar-refractivity contribution is 6.31. The van der Waals surface area contributed by atoms with Gasteiger partial charge in [-0.3, -0.25) is 0 Å². The number of aliphatic hydroxyl groups is 1. The molecular weight excluding hydrogens is 365 g/mol. The van der Waals surface area contributed by atoms with E-state index in [-0.39, 0.29) is 17.7 Å². The maximum Gasteiger partial charge on any atom is 0.150 e. The number of hydrogen-bond donors (Lipinski definition) is 2. The van der Waals surface area contributed by atoms with E-state index in [4.69, 9.17) is 11.6 Å². The summed E-state index contributed by atoms with van der Waals surface area (Å²) in [5.74, 6) is -0.252. The van der Waals surface area contributed by atoms with Crippen molar-refractivity contribution in [1.29, 1.82) is 0 Å². The van der Waals surface area contributed by atoms with Crippen LogP contribution < -0.4 is 0 Å². The summed E-state index contributed by atoms with van der Waals surface area (Å²) >= 11 is 6.64. The summed E-state index contributed by atoms with van der Waals surface area (Å²) in [6.07, 6.45) is 2.95. The predicted octanol–water partition coefficient (Wildman–Crippen LogP) is 4.43. The molecule has 1 saturated heterocycles. The molecule has 0 aliphatic carbocycles.